The lowest BCUT2D eigenvalue weighted by Crippen LogP contribution is -2.27. The predicted octanol–water partition coefficient (Wildman–Crippen LogP) is 12.8. The van der Waals surface area contributed by atoms with Gasteiger partial charge in [-0.15, -0.1) is 0 Å². The predicted molar refractivity (Wildman–Crippen MR) is 219 cm³/mol. The maximum atomic E-state index is 12.6. The SMILES string of the molecule is CCCCCC=CCC=CCCCCCCCCCC(=O)OC(COC=CCCCCCCCCC=CCCCCCC)COP(=O)(O)OCCN. The number of nitrogens with two attached hydrogens (primary N) is 1. The van der Waals surface area contributed by atoms with Gasteiger partial charge in [0.15, 0.2) is 6.10 Å². The molecule has 2 unspecified atom stereocenters. The molecule has 0 saturated carbocycles. The Hall–Kier alpha value is -1.70. The van der Waals surface area contributed by atoms with E-state index in [0.717, 1.165) is 44.9 Å². The number of rotatable bonds is 40. The van der Waals surface area contributed by atoms with Crippen LogP contribution in [0.5, 0.6) is 0 Å². The number of phosphoric ester groups is 1. The smallest absolute Gasteiger partial charge is 0.472 e. The molecule has 0 fully saturated rings. The van der Waals surface area contributed by atoms with Crippen LogP contribution in [0.3, 0.4) is 0 Å². The normalized spacial score (nSPS) is 13.9. The minimum Gasteiger partial charge on any atom is -0.498 e. The molecule has 0 radical (unpaired) electrons. The maximum absolute atomic E-state index is 12.6. The van der Waals surface area contributed by atoms with Crippen molar-refractivity contribution in [1.29, 1.82) is 0 Å². The number of phosphoric acid groups is 1. The molecule has 0 saturated heterocycles. The van der Waals surface area contributed by atoms with E-state index in [0.29, 0.717) is 6.42 Å². The molecule has 9 heteroatoms. The first-order chi connectivity index (χ1) is 25.4. The molecular weight excluding hydrogens is 673 g/mol. The van der Waals surface area contributed by atoms with Gasteiger partial charge in [-0.3, -0.25) is 13.8 Å². The van der Waals surface area contributed by atoms with Gasteiger partial charge in [0.05, 0.1) is 19.5 Å². The molecule has 0 amide bonds. The molecule has 0 aromatic carbocycles. The Labute approximate surface area is 320 Å². The average Bonchev–Trinajstić information content (AvgIpc) is 3.13. The minimum atomic E-state index is -4.30. The molecule has 0 aromatic rings. The summed E-state index contributed by atoms with van der Waals surface area (Å²) in [7, 11) is -4.30. The van der Waals surface area contributed by atoms with Crippen molar-refractivity contribution in [2.75, 3.05) is 26.4 Å². The monoisotopic (exact) mass is 754 g/mol. The van der Waals surface area contributed by atoms with Gasteiger partial charge in [0.25, 0.3) is 0 Å². The minimum absolute atomic E-state index is 0.0251. The number of allylic oxidation sites excluding steroid dienone is 7. The summed E-state index contributed by atoms with van der Waals surface area (Å²) in [5.74, 6) is -0.363. The van der Waals surface area contributed by atoms with E-state index in [1.54, 1.807) is 6.26 Å². The third-order valence-electron chi connectivity index (χ3n) is 8.78. The maximum Gasteiger partial charge on any atom is 0.472 e. The molecule has 0 heterocycles. The number of esters is 1. The Kier molecular flexibility index (Phi) is 39.2. The van der Waals surface area contributed by atoms with Gasteiger partial charge in [-0.25, -0.2) is 4.57 Å². The van der Waals surface area contributed by atoms with Gasteiger partial charge in [-0.2, -0.15) is 0 Å². The molecule has 8 nitrogen and oxygen atoms in total. The van der Waals surface area contributed by atoms with Gasteiger partial charge in [-0.05, 0) is 83.1 Å². The zero-order chi connectivity index (χ0) is 38.1. The summed E-state index contributed by atoms with van der Waals surface area (Å²) in [6, 6.07) is 0. The van der Waals surface area contributed by atoms with E-state index < -0.39 is 13.9 Å². The molecule has 0 spiro atoms. The van der Waals surface area contributed by atoms with E-state index in [4.69, 9.17) is 24.3 Å². The van der Waals surface area contributed by atoms with Gasteiger partial charge >= 0.3 is 13.8 Å². The fourth-order valence-electron chi connectivity index (χ4n) is 5.63. The van der Waals surface area contributed by atoms with Crippen molar-refractivity contribution < 1.29 is 32.8 Å². The first-order valence-corrected chi connectivity index (χ1v) is 22.7. The molecule has 2 atom stereocenters. The lowest BCUT2D eigenvalue weighted by Gasteiger charge is -2.19. The first-order valence-electron chi connectivity index (χ1n) is 21.2. The van der Waals surface area contributed by atoms with Crippen LogP contribution in [0.4, 0.5) is 0 Å². The Morgan fingerprint density at radius 2 is 1.04 bits per heavy atom. The zero-order valence-corrected chi connectivity index (χ0v) is 34.4. The van der Waals surface area contributed by atoms with Gasteiger partial charge in [0.1, 0.15) is 6.61 Å². The number of hydrogen-bond acceptors (Lipinski definition) is 7. The van der Waals surface area contributed by atoms with Crippen molar-refractivity contribution in [3.63, 3.8) is 0 Å². The summed E-state index contributed by atoms with van der Waals surface area (Å²) in [5.41, 5.74) is 5.36. The van der Waals surface area contributed by atoms with Crippen LogP contribution in [0.15, 0.2) is 48.8 Å². The van der Waals surface area contributed by atoms with E-state index in [2.05, 4.69) is 50.3 Å². The van der Waals surface area contributed by atoms with Crippen LogP contribution in [0, 0.1) is 0 Å². The number of ether oxygens (including phenoxy) is 2. The van der Waals surface area contributed by atoms with Crippen LogP contribution in [-0.4, -0.2) is 43.3 Å². The second-order valence-corrected chi connectivity index (χ2v) is 15.4. The summed E-state index contributed by atoms with van der Waals surface area (Å²) in [4.78, 5) is 22.4. The second kappa shape index (κ2) is 40.5. The first kappa shape index (κ1) is 50.3. The molecule has 0 aromatic heterocycles. The third kappa shape index (κ3) is 39.5. The highest BCUT2D eigenvalue weighted by atomic mass is 31.2. The molecule has 0 rings (SSSR count). The summed E-state index contributed by atoms with van der Waals surface area (Å²) >= 11 is 0. The van der Waals surface area contributed by atoms with Crippen molar-refractivity contribution in [2.24, 2.45) is 5.73 Å². The van der Waals surface area contributed by atoms with Gasteiger partial charge in [-0.1, -0.05) is 140 Å². The number of hydrogen-bond donors (Lipinski definition) is 2. The van der Waals surface area contributed by atoms with E-state index in [-0.39, 0.29) is 32.3 Å². The molecular formula is C43H80NO7P. The summed E-state index contributed by atoms with van der Waals surface area (Å²) in [6.45, 7) is 4.19. The van der Waals surface area contributed by atoms with Crippen LogP contribution < -0.4 is 5.73 Å². The van der Waals surface area contributed by atoms with Crippen LogP contribution >= 0.6 is 7.82 Å². The van der Waals surface area contributed by atoms with Crippen molar-refractivity contribution in [3.8, 4) is 0 Å². The van der Waals surface area contributed by atoms with E-state index in [1.807, 2.05) is 6.08 Å². The van der Waals surface area contributed by atoms with E-state index in [9.17, 15) is 14.3 Å². The fourth-order valence-corrected chi connectivity index (χ4v) is 6.40. The van der Waals surface area contributed by atoms with E-state index >= 15 is 0 Å². The van der Waals surface area contributed by atoms with Crippen LogP contribution in [0.1, 0.15) is 187 Å². The third-order valence-corrected chi connectivity index (χ3v) is 9.77. The molecule has 0 aliphatic heterocycles. The Morgan fingerprint density at radius 1 is 0.596 bits per heavy atom. The quantitative estimate of drug-likeness (QED) is 0.0209. The standard InChI is InChI=1S/C43H80NO7P/c1-3-5-7-9-11-13-15-17-19-21-22-24-26-28-30-32-34-36-43(45)51-42(41-50-52(46,47)49-39-37-44)40-48-38-35-33-31-29-27-25-23-20-18-16-14-12-10-8-6-4-2/h11,13-14,16-17,19,35,38,42H,3-10,12,15,18,20-34,36-37,39-41,44H2,1-2H3,(H,46,47). The Balaban J connectivity index is 4.12. The number of carbonyl (C=O) groups is 1. The average molecular weight is 754 g/mol. The molecule has 0 aliphatic rings. The van der Waals surface area contributed by atoms with Crippen LogP contribution in [0.2, 0.25) is 0 Å². The molecule has 0 bridgehead atoms. The highest BCUT2D eigenvalue weighted by Crippen LogP contribution is 2.43. The summed E-state index contributed by atoms with van der Waals surface area (Å²) < 4.78 is 33.1. The second-order valence-electron chi connectivity index (χ2n) is 13.9. The Bertz CT molecular complexity index is 936. The van der Waals surface area contributed by atoms with Gasteiger partial charge in [0, 0.05) is 13.0 Å². The topological polar surface area (TPSA) is 117 Å². The van der Waals surface area contributed by atoms with Crippen LogP contribution in [0.25, 0.3) is 0 Å². The molecule has 3 N–H and O–H groups in total. The van der Waals surface area contributed by atoms with Gasteiger partial charge in [0.2, 0.25) is 0 Å². The zero-order valence-electron chi connectivity index (χ0n) is 33.5. The fraction of sp³-hybridized carbons (Fsp3) is 0.791. The van der Waals surface area contributed by atoms with Crippen molar-refractivity contribution in [2.45, 2.75) is 193 Å². The number of carbonyl (C=O) groups excluding carboxylic acids is 1. The number of unbranched alkanes of at least 4 members (excludes halogenated alkanes) is 21. The van der Waals surface area contributed by atoms with Crippen molar-refractivity contribution in [1.82, 2.24) is 0 Å². The molecule has 52 heavy (non-hydrogen) atoms. The molecule has 0 aliphatic carbocycles. The van der Waals surface area contributed by atoms with Crippen LogP contribution in [-0.2, 0) is 27.9 Å². The van der Waals surface area contributed by atoms with E-state index in [1.165, 1.54) is 122 Å². The largest absolute Gasteiger partial charge is 0.498 e. The highest BCUT2D eigenvalue weighted by Gasteiger charge is 2.25. The lowest BCUT2D eigenvalue weighted by molar-refractivity contribution is -0.153. The summed E-state index contributed by atoms with van der Waals surface area (Å²) in [6.07, 6.45) is 47.8. The highest BCUT2D eigenvalue weighted by molar-refractivity contribution is 7.47. The van der Waals surface area contributed by atoms with Gasteiger partial charge < -0.3 is 20.1 Å². The Morgan fingerprint density at radius 3 is 1.58 bits per heavy atom. The summed E-state index contributed by atoms with van der Waals surface area (Å²) in [5, 5.41) is 0. The molecule has 304 valence electrons. The van der Waals surface area contributed by atoms with Crippen molar-refractivity contribution in [3.05, 3.63) is 48.8 Å². The lowest BCUT2D eigenvalue weighted by atomic mass is 10.1. The van der Waals surface area contributed by atoms with Crippen molar-refractivity contribution >= 4 is 13.8 Å².